The van der Waals surface area contributed by atoms with Gasteiger partial charge in [-0.25, -0.2) is 5.43 Å². The van der Waals surface area contributed by atoms with Gasteiger partial charge in [-0.1, -0.05) is 24.3 Å². The molecule has 7 nitrogen and oxygen atoms in total. The van der Waals surface area contributed by atoms with Gasteiger partial charge in [0.1, 0.15) is 29.6 Å². The maximum absolute atomic E-state index is 12.1. The second-order valence-corrected chi connectivity index (χ2v) is 6.12. The summed E-state index contributed by atoms with van der Waals surface area (Å²) in [6, 6.07) is 18.4. The molecule has 3 aromatic carbocycles. The molecule has 0 unspecified atom stereocenters. The Kier molecular flexibility index (Phi) is 6.32. The number of benzene rings is 3. The van der Waals surface area contributed by atoms with Crippen LogP contribution in [0.3, 0.4) is 0 Å². The Morgan fingerprint density at radius 3 is 2.55 bits per heavy atom. The first-order chi connectivity index (χ1) is 14.0. The summed E-state index contributed by atoms with van der Waals surface area (Å²) in [6.45, 7) is 0.344. The number of ether oxygens (including phenoxy) is 2. The number of phenolic OH excluding ortho intramolecular Hbond substituents is 2. The number of para-hydroxylation sites is 1. The van der Waals surface area contributed by atoms with Crippen molar-refractivity contribution in [1.82, 2.24) is 5.43 Å². The lowest BCUT2D eigenvalue weighted by atomic mass is 10.2. The molecule has 0 aliphatic rings. The summed E-state index contributed by atoms with van der Waals surface area (Å²) in [5.74, 6) is 0.359. The molecule has 3 rings (SSSR count). The molecule has 0 saturated heterocycles. The molecule has 0 aromatic heterocycles. The van der Waals surface area contributed by atoms with Crippen molar-refractivity contribution >= 4 is 12.1 Å². The number of aromatic hydroxyl groups is 2. The van der Waals surface area contributed by atoms with Gasteiger partial charge in [-0.15, -0.1) is 0 Å². The molecule has 29 heavy (non-hydrogen) atoms. The lowest BCUT2D eigenvalue weighted by molar-refractivity contribution is 0.0954. The van der Waals surface area contributed by atoms with E-state index in [0.29, 0.717) is 17.9 Å². The lowest BCUT2D eigenvalue weighted by Gasteiger charge is -2.10. The molecule has 0 heterocycles. The van der Waals surface area contributed by atoms with E-state index in [2.05, 4.69) is 10.5 Å². The molecular weight excluding hydrogens is 372 g/mol. The molecule has 1 amide bonds. The number of hydrogen-bond donors (Lipinski definition) is 3. The Morgan fingerprint density at radius 2 is 1.79 bits per heavy atom. The SMILES string of the molecule is COc1cccc(COc2ccccc2C=NNC(=O)c2cc(O)cc(O)c2)c1. The highest BCUT2D eigenvalue weighted by atomic mass is 16.5. The summed E-state index contributed by atoms with van der Waals surface area (Å²) in [4.78, 5) is 12.1. The van der Waals surface area contributed by atoms with Crippen LogP contribution < -0.4 is 14.9 Å². The number of hydrogen-bond acceptors (Lipinski definition) is 6. The number of hydrazone groups is 1. The normalized spacial score (nSPS) is 10.7. The van der Waals surface area contributed by atoms with Gasteiger partial charge >= 0.3 is 0 Å². The van der Waals surface area contributed by atoms with E-state index in [1.165, 1.54) is 18.3 Å². The third kappa shape index (κ3) is 5.49. The monoisotopic (exact) mass is 392 g/mol. The van der Waals surface area contributed by atoms with Crippen molar-refractivity contribution in [3.8, 4) is 23.0 Å². The van der Waals surface area contributed by atoms with Crippen molar-refractivity contribution in [3.05, 3.63) is 83.4 Å². The zero-order valence-electron chi connectivity index (χ0n) is 15.7. The number of carbonyl (C=O) groups excluding carboxylic acids is 1. The molecule has 148 valence electrons. The highest BCUT2D eigenvalue weighted by molar-refractivity contribution is 5.95. The van der Waals surface area contributed by atoms with Crippen molar-refractivity contribution in [2.45, 2.75) is 6.61 Å². The van der Waals surface area contributed by atoms with Gasteiger partial charge in [0, 0.05) is 17.2 Å². The standard InChI is InChI=1S/C22H20N2O5/c1-28-20-7-4-5-15(9-20)14-29-21-8-3-2-6-16(21)13-23-24-22(27)17-10-18(25)12-19(26)11-17/h2-13,25-26H,14H2,1H3,(H,24,27). The minimum Gasteiger partial charge on any atom is -0.508 e. The van der Waals surface area contributed by atoms with Gasteiger partial charge < -0.3 is 19.7 Å². The molecule has 0 bridgehead atoms. The maximum Gasteiger partial charge on any atom is 0.271 e. The predicted octanol–water partition coefficient (Wildman–Crippen LogP) is 3.45. The summed E-state index contributed by atoms with van der Waals surface area (Å²) < 4.78 is 11.1. The second kappa shape index (κ2) is 9.27. The van der Waals surface area contributed by atoms with Gasteiger partial charge in [0.15, 0.2) is 0 Å². The summed E-state index contributed by atoms with van der Waals surface area (Å²) >= 11 is 0. The first kappa shape index (κ1) is 19.8. The first-order valence-corrected chi connectivity index (χ1v) is 8.76. The molecule has 7 heteroatoms. The lowest BCUT2D eigenvalue weighted by Crippen LogP contribution is -2.17. The molecule has 3 aromatic rings. The van der Waals surface area contributed by atoms with Gasteiger partial charge in [0.25, 0.3) is 5.91 Å². The summed E-state index contributed by atoms with van der Waals surface area (Å²) in [6.07, 6.45) is 1.46. The zero-order valence-corrected chi connectivity index (χ0v) is 15.7. The number of phenols is 2. The molecule has 0 saturated carbocycles. The molecule has 3 N–H and O–H groups in total. The molecule has 0 aliphatic carbocycles. The van der Waals surface area contributed by atoms with E-state index in [1.807, 2.05) is 36.4 Å². The van der Waals surface area contributed by atoms with Crippen molar-refractivity contribution in [2.24, 2.45) is 5.10 Å². The van der Waals surface area contributed by atoms with Gasteiger partial charge in [-0.2, -0.15) is 5.10 Å². The van der Waals surface area contributed by atoms with Crippen LogP contribution in [0.1, 0.15) is 21.5 Å². The topological polar surface area (TPSA) is 100 Å². The Labute approximate surface area is 167 Å². The highest BCUT2D eigenvalue weighted by Crippen LogP contribution is 2.21. The van der Waals surface area contributed by atoms with Crippen LogP contribution in [-0.4, -0.2) is 29.4 Å². The summed E-state index contributed by atoms with van der Waals surface area (Å²) in [7, 11) is 1.61. The van der Waals surface area contributed by atoms with Crippen LogP contribution in [0, 0.1) is 0 Å². The number of nitrogens with zero attached hydrogens (tertiary/aromatic N) is 1. The van der Waals surface area contributed by atoms with E-state index in [0.717, 1.165) is 17.4 Å². The molecule has 0 aliphatic heterocycles. The Bertz CT molecular complexity index is 1010. The number of carbonyl (C=O) groups is 1. The fourth-order valence-corrected chi connectivity index (χ4v) is 2.59. The molecule has 0 fully saturated rings. The number of rotatable bonds is 7. The van der Waals surface area contributed by atoms with Crippen LogP contribution in [0.5, 0.6) is 23.0 Å². The van der Waals surface area contributed by atoms with Crippen molar-refractivity contribution in [2.75, 3.05) is 7.11 Å². The molecular formula is C22H20N2O5. The van der Waals surface area contributed by atoms with Gasteiger partial charge in [-0.3, -0.25) is 4.79 Å². The number of amides is 1. The van der Waals surface area contributed by atoms with Crippen molar-refractivity contribution < 1.29 is 24.5 Å². The quantitative estimate of drug-likeness (QED) is 0.422. The van der Waals surface area contributed by atoms with Crippen LogP contribution in [0.25, 0.3) is 0 Å². The Hall–Kier alpha value is -4.00. The van der Waals surface area contributed by atoms with E-state index in [-0.39, 0.29) is 17.1 Å². The molecule has 0 spiro atoms. The van der Waals surface area contributed by atoms with Crippen LogP contribution in [0.2, 0.25) is 0 Å². The van der Waals surface area contributed by atoms with Crippen LogP contribution >= 0.6 is 0 Å². The largest absolute Gasteiger partial charge is 0.508 e. The molecule has 0 radical (unpaired) electrons. The van der Waals surface area contributed by atoms with Gasteiger partial charge in [-0.05, 0) is 42.0 Å². The van der Waals surface area contributed by atoms with Crippen molar-refractivity contribution in [3.63, 3.8) is 0 Å². The summed E-state index contributed by atoms with van der Waals surface area (Å²) in [5.41, 5.74) is 4.07. The number of methoxy groups -OCH3 is 1. The van der Waals surface area contributed by atoms with E-state index >= 15 is 0 Å². The zero-order chi connectivity index (χ0) is 20.6. The van der Waals surface area contributed by atoms with E-state index in [9.17, 15) is 15.0 Å². The van der Waals surface area contributed by atoms with Crippen molar-refractivity contribution in [1.29, 1.82) is 0 Å². The minimum atomic E-state index is -0.567. The van der Waals surface area contributed by atoms with E-state index in [4.69, 9.17) is 9.47 Å². The van der Waals surface area contributed by atoms with E-state index in [1.54, 1.807) is 19.2 Å². The first-order valence-electron chi connectivity index (χ1n) is 8.76. The predicted molar refractivity (Wildman–Crippen MR) is 109 cm³/mol. The summed E-state index contributed by atoms with van der Waals surface area (Å²) in [5, 5.41) is 22.9. The molecule has 0 atom stereocenters. The highest BCUT2D eigenvalue weighted by Gasteiger charge is 2.08. The van der Waals surface area contributed by atoms with E-state index < -0.39 is 5.91 Å². The maximum atomic E-state index is 12.1. The third-order valence-corrected chi connectivity index (χ3v) is 3.98. The minimum absolute atomic E-state index is 0.0854. The third-order valence-electron chi connectivity index (χ3n) is 3.98. The smallest absolute Gasteiger partial charge is 0.271 e. The fourth-order valence-electron chi connectivity index (χ4n) is 2.59. The van der Waals surface area contributed by atoms with Gasteiger partial charge in [0.05, 0.1) is 13.3 Å². The van der Waals surface area contributed by atoms with Crippen LogP contribution in [-0.2, 0) is 6.61 Å². The second-order valence-electron chi connectivity index (χ2n) is 6.12. The fraction of sp³-hybridized carbons (Fsp3) is 0.0909. The van der Waals surface area contributed by atoms with Gasteiger partial charge in [0.2, 0.25) is 0 Å². The Balaban J connectivity index is 1.66. The Morgan fingerprint density at radius 1 is 1.03 bits per heavy atom. The number of nitrogens with one attached hydrogen (secondary N) is 1. The van der Waals surface area contributed by atoms with Crippen LogP contribution in [0.15, 0.2) is 71.8 Å². The average molecular weight is 392 g/mol. The average Bonchev–Trinajstić information content (AvgIpc) is 2.72. The van der Waals surface area contributed by atoms with Crippen LogP contribution in [0.4, 0.5) is 0 Å².